The fourth-order valence-corrected chi connectivity index (χ4v) is 6.82. The van der Waals surface area contributed by atoms with Gasteiger partial charge in [-0.1, -0.05) is 35.6 Å². The van der Waals surface area contributed by atoms with E-state index in [0.29, 0.717) is 24.2 Å². The zero-order valence-corrected chi connectivity index (χ0v) is 19.0. The highest BCUT2D eigenvalue weighted by Gasteiger charge is 2.33. The lowest BCUT2D eigenvalue weighted by Gasteiger charge is -2.30. The topological polar surface area (TPSA) is 71.7 Å². The zero-order valence-electron chi connectivity index (χ0n) is 17.3. The summed E-state index contributed by atoms with van der Waals surface area (Å²) < 4.78 is 30.3. The lowest BCUT2D eigenvalue weighted by molar-refractivity contribution is -0.122. The van der Waals surface area contributed by atoms with Crippen LogP contribution >= 0.6 is 11.3 Å². The van der Waals surface area contributed by atoms with Crippen molar-refractivity contribution in [1.29, 1.82) is 0 Å². The minimum atomic E-state index is -3.60. The van der Waals surface area contributed by atoms with Crippen LogP contribution in [0.2, 0.25) is 0 Å². The number of fused-ring (bicyclic) bond motifs is 1. The van der Waals surface area contributed by atoms with Crippen LogP contribution in [0.15, 0.2) is 52.4 Å². The third-order valence-electron chi connectivity index (χ3n) is 5.55. The highest BCUT2D eigenvalue weighted by molar-refractivity contribution is 7.89. The standard InChI is InChI=1S/C22H25N3O3S2/c1-15-12-16(2)20-19(13-15)29-22(24(20)3)23-21(26)17-8-7-11-25(14-17)30(27,28)18-9-5-4-6-10-18/h4-6,9-10,12-13,17H,7-8,11,14H2,1-3H3. The first-order valence-corrected chi connectivity index (χ1v) is 12.2. The van der Waals surface area contributed by atoms with Gasteiger partial charge in [0, 0.05) is 20.1 Å². The Morgan fingerprint density at radius 1 is 1.17 bits per heavy atom. The summed E-state index contributed by atoms with van der Waals surface area (Å²) in [7, 11) is -1.69. The van der Waals surface area contributed by atoms with Crippen molar-refractivity contribution in [1.82, 2.24) is 8.87 Å². The highest BCUT2D eigenvalue weighted by atomic mass is 32.2. The van der Waals surface area contributed by atoms with Crippen LogP contribution in [0, 0.1) is 19.8 Å². The van der Waals surface area contributed by atoms with Gasteiger partial charge in [0.1, 0.15) is 0 Å². The summed E-state index contributed by atoms with van der Waals surface area (Å²) in [5, 5.41) is 0. The number of benzene rings is 2. The Morgan fingerprint density at radius 2 is 1.90 bits per heavy atom. The summed E-state index contributed by atoms with van der Waals surface area (Å²) in [6, 6.07) is 12.6. The summed E-state index contributed by atoms with van der Waals surface area (Å²) >= 11 is 1.49. The molecule has 0 saturated carbocycles. The molecule has 6 nitrogen and oxygen atoms in total. The van der Waals surface area contributed by atoms with Gasteiger partial charge in [-0.05, 0) is 56.0 Å². The molecule has 4 rings (SSSR count). The number of thiazole rings is 1. The van der Waals surface area contributed by atoms with E-state index in [-0.39, 0.29) is 17.3 Å². The fraction of sp³-hybridized carbons (Fsp3) is 0.364. The van der Waals surface area contributed by atoms with Crippen LogP contribution in [0.4, 0.5) is 0 Å². The molecule has 1 atom stereocenters. The maximum absolute atomic E-state index is 13.0. The smallest absolute Gasteiger partial charge is 0.252 e. The fourth-order valence-electron chi connectivity index (χ4n) is 4.08. The second-order valence-electron chi connectivity index (χ2n) is 7.84. The van der Waals surface area contributed by atoms with Gasteiger partial charge in [-0.2, -0.15) is 9.30 Å². The normalized spacial score (nSPS) is 18.8. The first-order valence-electron chi connectivity index (χ1n) is 9.98. The van der Waals surface area contributed by atoms with Crippen LogP contribution in [-0.4, -0.2) is 36.3 Å². The molecule has 0 radical (unpaired) electrons. The van der Waals surface area contributed by atoms with Crippen molar-refractivity contribution in [3.8, 4) is 0 Å². The highest BCUT2D eigenvalue weighted by Crippen LogP contribution is 2.25. The quantitative estimate of drug-likeness (QED) is 0.623. The van der Waals surface area contributed by atoms with Crippen LogP contribution in [0.1, 0.15) is 24.0 Å². The van der Waals surface area contributed by atoms with Crippen molar-refractivity contribution >= 4 is 37.5 Å². The first-order chi connectivity index (χ1) is 14.3. The van der Waals surface area contributed by atoms with Crippen LogP contribution in [0.3, 0.4) is 0 Å². The van der Waals surface area contributed by atoms with E-state index >= 15 is 0 Å². The van der Waals surface area contributed by atoms with E-state index in [4.69, 9.17) is 0 Å². The summed E-state index contributed by atoms with van der Waals surface area (Å²) in [6.45, 7) is 4.71. The van der Waals surface area contributed by atoms with E-state index in [9.17, 15) is 13.2 Å². The molecule has 1 aromatic heterocycles. The molecular weight excluding hydrogens is 418 g/mol. The van der Waals surface area contributed by atoms with Crippen LogP contribution in [0.5, 0.6) is 0 Å². The molecule has 2 aromatic carbocycles. The monoisotopic (exact) mass is 443 g/mol. The van der Waals surface area contributed by atoms with E-state index in [2.05, 4.69) is 31.0 Å². The van der Waals surface area contributed by atoms with Crippen LogP contribution in [0.25, 0.3) is 10.2 Å². The van der Waals surface area contributed by atoms with Gasteiger partial charge in [0.2, 0.25) is 10.0 Å². The number of piperidine rings is 1. The minimum absolute atomic E-state index is 0.173. The van der Waals surface area contributed by atoms with Crippen LogP contribution in [-0.2, 0) is 21.9 Å². The van der Waals surface area contributed by atoms with Crippen molar-refractivity contribution in [2.45, 2.75) is 31.6 Å². The number of carbonyl (C=O) groups is 1. The number of aromatic nitrogens is 1. The third-order valence-corrected chi connectivity index (χ3v) is 8.51. The van der Waals surface area contributed by atoms with Crippen molar-refractivity contribution < 1.29 is 13.2 Å². The summed E-state index contributed by atoms with van der Waals surface area (Å²) in [5.41, 5.74) is 3.40. The Morgan fingerprint density at radius 3 is 2.63 bits per heavy atom. The number of sulfonamides is 1. The van der Waals surface area contributed by atoms with Gasteiger partial charge < -0.3 is 4.57 Å². The van der Waals surface area contributed by atoms with E-state index in [1.807, 2.05) is 11.6 Å². The number of aryl methyl sites for hydroxylation is 3. The number of hydrogen-bond donors (Lipinski definition) is 0. The summed E-state index contributed by atoms with van der Waals surface area (Å²) in [4.78, 5) is 18.3. The SMILES string of the molecule is Cc1cc(C)c2c(c1)sc(=NC(=O)C1CCCN(S(=O)(=O)c3ccccc3)C1)n2C. The molecule has 2 heterocycles. The zero-order chi connectivity index (χ0) is 21.5. The maximum Gasteiger partial charge on any atom is 0.252 e. The molecule has 158 valence electrons. The van der Waals surface area contributed by atoms with Gasteiger partial charge in [-0.15, -0.1) is 0 Å². The molecule has 1 amide bonds. The minimum Gasteiger partial charge on any atom is -0.319 e. The van der Waals surface area contributed by atoms with Gasteiger partial charge in [0.25, 0.3) is 5.91 Å². The van der Waals surface area contributed by atoms with Crippen molar-refractivity contribution in [3.63, 3.8) is 0 Å². The summed E-state index contributed by atoms with van der Waals surface area (Å²) in [5.74, 6) is -0.676. The molecule has 0 spiro atoms. The molecule has 1 aliphatic heterocycles. The van der Waals surface area contributed by atoms with Crippen molar-refractivity contribution in [2.75, 3.05) is 13.1 Å². The van der Waals surface area contributed by atoms with E-state index in [1.165, 1.54) is 21.2 Å². The molecule has 1 fully saturated rings. The Labute approximate surface area is 180 Å². The van der Waals surface area contributed by atoms with E-state index in [0.717, 1.165) is 15.8 Å². The van der Waals surface area contributed by atoms with Crippen LogP contribution < -0.4 is 4.80 Å². The molecule has 1 saturated heterocycles. The van der Waals surface area contributed by atoms with Crippen molar-refractivity contribution in [2.24, 2.45) is 18.0 Å². The molecule has 0 aliphatic carbocycles. The molecule has 8 heteroatoms. The lowest BCUT2D eigenvalue weighted by Crippen LogP contribution is -2.42. The predicted octanol–water partition coefficient (Wildman–Crippen LogP) is 3.38. The molecule has 1 aliphatic rings. The number of amides is 1. The lowest BCUT2D eigenvalue weighted by atomic mass is 9.99. The Hall–Kier alpha value is -2.29. The first kappa shape index (κ1) is 21.0. The van der Waals surface area contributed by atoms with Gasteiger partial charge >= 0.3 is 0 Å². The summed E-state index contributed by atoms with van der Waals surface area (Å²) in [6.07, 6.45) is 1.30. The van der Waals surface area contributed by atoms with Gasteiger partial charge in [0.05, 0.1) is 21.0 Å². The molecular formula is C22H25N3O3S2. The Bertz CT molecular complexity index is 1270. The largest absolute Gasteiger partial charge is 0.319 e. The number of nitrogens with zero attached hydrogens (tertiary/aromatic N) is 3. The average molecular weight is 444 g/mol. The molecule has 30 heavy (non-hydrogen) atoms. The molecule has 0 N–H and O–H groups in total. The molecule has 0 bridgehead atoms. The average Bonchev–Trinajstić information content (AvgIpc) is 3.03. The van der Waals surface area contributed by atoms with Gasteiger partial charge in [-0.25, -0.2) is 8.42 Å². The van der Waals surface area contributed by atoms with E-state index in [1.54, 1.807) is 30.3 Å². The Balaban J connectivity index is 1.62. The number of rotatable bonds is 3. The molecule has 1 unspecified atom stereocenters. The Kier molecular flexibility index (Phi) is 5.65. The van der Waals surface area contributed by atoms with E-state index < -0.39 is 15.9 Å². The van der Waals surface area contributed by atoms with Crippen molar-refractivity contribution in [3.05, 3.63) is 58.4 Å². The van der Waals surface area contributed by atoms with Gasteiger partial charge in [-0.3, -0.25) is 4.79 Å². The second kappa shape index (κ2) is 8.09. The third kappa shape index (κ3) is 3.87. The number of carbonyl (C=O) groups excluding carboxylic acids is 1. The second-order valence-corrected chi connectivity index (χ2v) is 10.8. The maximum atomic E-state index is 13.0. The van der Waals surface area contributed by atoms with Gasteiger partial charge in [0.15, 0.2) is 4.80 Å². The molecule has 3 aromatic rings. The predicted molar refractivity (Wildman–Crippen MR) is 119 cm³/mol. The number of hydrogen-bond acceptors (Lipinski definition) is 4.